The van der Waals surface area contributed by atoms with Crippen LogP contribution in [-0.2, 0) is 0 Å². The minimum Gasteiger partial charge on any atom is -0.309 e. The molecule has 3 unspecified atom stereocenters. The number of hydrogen-bond acceptors (Lipinski definition) is 1. The topological polar surface area (TPSA) is 23.9 Å². The van der Waals surface area contributed by atoms with Gasteiger partial charge < -0.3 is 5.41 Å². The Bertz CT molecular complexity index is 162. The first kappa shape index (κ1) is 9.76. The summed E-state index contributed by atoms with van der Waals surface area (Å²) in [7, 11) is 0. The molecule has 0 bridgehead atoms. The number of hydrogen-bond donors (Lipinski definition) is 1. The molecule has 0 heterocycles. The maximum Gasteiger partial charge on any atom is 0.0120 e. The Morgan fingerprint density at radius 1 is 1.50 bits per heavy atom. The van der Waals surface area contributed by atoms with E-state index in [0.29, 0.717) is 5.92 Å². The summed E-state index contributed by atoms with van der Waals surface area (Å²) in [4.78, 5) is 0. The molecule has 1 aliphatic carbocycles. The maximum absolute atomic E-state index is 7.85. The summed E-state index contributed by atoms with van der Waals surface area (Å²) < 4.78 is 0. The van der Waals surface area contributed by atoms with Gasteiger partial charge in [0.25, 0.3) is 0 Å². The van der Waals surface area contributed by atoms with Crippen molar-refractivity contribution in [2.24, 2.45) is 17.8 Å². The Hall–Kier alpha value is -0.330. The van der Waals surface area contributed by atoms with Gasteiger partial charge in [0.1, 0.15) is 0 Å². The highest BCUT2D eigenvalue weighted by molar-refractivity contribution is 5.83. The largest absolute Gasteiger partial charge is 0.309 e. The van der Waals surface area contributed by atoms with Gasteiger partial charge in [-0.1, -0.05) is 33.6 Å². The van der Waals surface area contributed by atoms with E-state index in [4.69, 9.17) is 5.41 Å². The van der Waals surface area contributed by atoms with Crippen LogP contribution >= 0.6 is 0 Å². The van der Waals surface area contributed by atoms with E-state index in [1.165, 1.54) is 12.8 Å². The van der Waals surface area contributed by atoms with Crippen LogP contribution in [0.3, 0.4) is 0 Å². The fourth-order valence-corrected chi connectivity index (χ4v) is 2.19. The second kappa shape index (κ2) is 4.06. The monoisotopic (exact) mass is 167 g/mol. The average molecular weight is 167 g/mol. The molecule has 0 aromatic rings. The zero-order valence-electron chi connectivity index (χ0n) is 8.56. The lowest BCUT2D eigenvalue weighted by molar-refractivity contribution is 0.160. The lowest BCUT2D eigenvalue weighted by atomic mass is 9.67. The molecule has 1 heteroatoms. The summed E-state index contributed by atoms with van der Waals surface area (Å²) in [5.74, 6) is 2.25. The molecule has 0 aliphatic heterocycles. The lowest BCUT2D eigenvalue weighted by Crippen LogP contribution is -2.33. The fourth-order valence-electron chi connectivity index (χ4n) is 2.19. The summed E-state index contributed by atoms with van der Waals surface area (Å²) in [5, 5.41) is 7.85. The molecule has 1 rings (SSSR count). The van der Waals surface area contributed by atoms with Crippen LogP contribution in [0.5, 0.6) is 0 Å². The highest BCUT2D eigenvalue weighted by Gasteiger charge is 2.32. The zero-order valence-corrected chi connectivity index (χ0v) is 8.56. The van der Waals surface area contributed by atoms with Gasteiger partial charge >= 0.3 is 0 Å². The Morgan fingerprint density at radius 2 is 2.17 bits per heavy atom. The summed E-state index contributed by atoms with van der Waals surface area (Å²) in [5.41, 5.74) is 0.981. The smallest absolute Gasteiger partial charge is 0.0120 e. The third kappa shape index (κ3) is 1.88. The van der Waals surface area contributed by atoms with Gasteiger partial charge in [-0.15, -0.1) is 0 Å². The Morgan fingerprint density at radius 3 is 2.50 bits per heavy atom. The second-order valence-corrected chi connectivity index (χ2v) is 4.28. The van der Waals surface area contributed by atoms with Crippen LogP contribution < -0.4 is 0 Å². The minimum atomic E-state index is 0.550. The zero-order chi connectivity index (χ0) is 9.14. The van der Waals surface area contributed by atoms with Gasteiger partial charge in [0.15, 0.2) is 0 Å². The van der Waals surface area contributed by atoms with E-state index in [2.05, 4.69) is 20.8 Å². The van der Waals surface area contributed by atoms with Gasteiger partial charge in [0.2, 0.25) is 0 Å². The van der Waals surface area contributed by atoms with Crippen molar-refractivity contribution in [3.63, 3.8) is 0 Å². The molecule has 1 saturated carbocycles. The number of nitrogens with one attached hydrogen (secondary N) is 1. The van der Waals surface area contributed by atoms with E-state index in [-0.39, 0.29) is 0 Å². The van der Waals surface area contributed by atoms with Gasteiger partial charge in [-0.05, 0) is 30.6 Å². The second-order valence-electron chi connectivity index (χ2n) is 4.28. The molecule has 1 aliphatic rings. The van der Waals surface area contributed by atoms with Gasteiger partial charge in [0, 0.05) is 5.71 Å². The van der Waals surface area contributed by atoms with Crippen molar-refractivity contribution in [3.05, 3.63) is 0 Å². The molecule has 0 aromatic heterocycles. The predicted molar refractivity (Wildman–Crippen MR) is 53.7 cm³/mol. The van der Waals surface area contributed by atoms with Crippen molar-refractivity contribution < 1.29 is 0 Å². The van der Waals surface area contributed by atoms with Gasteiger partial charge in [-0.3, -0.25) is 0 Å². The van der Waals surface area contributed by atoms with E-state index in [9.17, 15) is 0 Å². The molecule has 0 spiro atoms. The molecule has 0 aromatic carbocycles. The van der Waals surface area contributed by atoms with E-state index in [1.807, 2.05) is 0 Å². The van der Waals surface area contributed by atoms with Crippen LogP contribution in [0.25, 0.3) is 0 Å². The molecule has 12 heavy (non-hydrogen) atoms. The van der Waals surface area contributed by atoms with Crippen molar-refractivity contribution in [2.75, 3.05) is 0 Å². The molecule has 0 radical (unpaired) electrons. The molecular weight excluding hydrogens is 146 g/mol. The van der Waals surface area contributed by atoms with Crippen LogP contribution in [0.2, 0.25) is 0 Å². The van der Waals surface area contributed by atoms with E-state index < -0.39 is 0 Å². The Labute approximate surface area is 76.1 Å². The van der Waals surface area contributed by atoms with E-state index >= 15 is 0 Å². The van der Waals surface area contributed by atoms with Gasteiger partial charge in [-0.2, -0.15) is 0 Å². The molecule has 0 saturated heterocycles. The molecule has 0 amide bonds. The van der Waals surface area contributed by atoms with Crippen LogP contribution in [0, 0.1) is 23.2 Å². The van der Waals surface area contributed by atoms with E-state index in [1.54, 1.807) is 0 Å². The normalized spacial score (nSPS) is 30.9. The predicted octanol–water partition coefficient (Wildman–Crippen LogP) is 3.49. The van der Waals surface area contributed by atoms with Crippen LogP contribution in [0.4, 0.5) is 0 Å². The third-order valence-electron chi connectivity index (χ3n) is 3.40. The first-order valence-corrected chi connectivity index (χ1v) is 5.24. The van der Waals surface area contributed by atoms with Crippen molar-refractivity contribution in [1.82, 2.24) is 0 Å². The van der Waals surface area contributed by atoms with Crippen LogP contribution in [0.15, 0.2) is 0 Å². The standard InChI is InChI=1S/C11H21N/c1-4-5-11(12)9(3)10-7-6-8(10)2/h8-10,12H,4-7H2,1-3H3. The fraction of sp³-hybridized carbons (Fsp3) is 0.909. The number of rotatable bonds is 4. The average Bonchev–Trinajstić information content (AvgIpc) is 2.02. The Balaban J connectivity index is 2.35. The first-order chi connectivity index (χ1) is 5.66. The van der Waals surface area contributed by atoms with Crippen molar-refractivity contribution in [3.8, 4) is 0 Å². The van der Waals surface area contributed by atoms with Crippen molar-refractivity contribution in [1.29, 1.82) is 5.41 Å². The van der Waals surface area contributed by atoms with Crippen LogP contribution in [0.1, 0.15) is 46.5 Å². The van der Waals surface area contributed by atoms with Gasteiger partial charge in [-0.25, -0.2) is 0 Å². The minimum absolute atomic E-state index is 0.550. The third-order valence-corrected chi connectivity index (χ3v) is 3.40. The molecule has 70 valence electrons. The highest BCUT2D eigenvalue weighted by Crippen LogP contribution is 2.39. The maximum atomic E-state index is 7.85. The first-order valence-electron chi connectivity index (χ1n) is 5.24. The summed E-state index contributed by atoms with van der Waals surface area (Å²) >= 11 is 0. The molecule has 3 atom stereocenters. The van der Waals surface area contributed by atoms with Crippen LogP contribution in [-0.4, -0.2) is 5.71 Å². The molecule has 1 N–H and O–H groups in total. The van der Waals surface area contributed by atoms with Gasteiger partial charge in [0.05, 0.1) is 0 Å². The van der Waals surface area contributed by atoms with Crippen molar-refractivity contribution in [2.45, 2.75) is 46.5 Å². The Kier molecular flexibility index (Phi) is 3.30. The molecule has 1 fully saturated rings. The van der Waals surface area contributed by atoms with E-state index in [0.717, 1.165) is 30.4 Å². The quantitative estimate of drug-likeness (QED) is 0.620. The highest BCUT2D eigenvalue weighted by atomic mass is 14.5. The summed E-state index contributed by atoms with van der Waals surface area (Å²) in [6.45, 7) is 6.72. The summed E-state index contributed by atoms with van der Waals surface area (Å²) in [6.07, 6.45) is 4.87. The molecular formula is C11H21N. The SMILES string of the molecule is CCCC(=N)C(C)C1CCC1C. The summed E-state index contributed by atoms with van der Waals surface area (Å²) in [6, 6.07) is 0. The van der Waals surface area contributed by atoms with Crippen molar-refractivity contribution >= 4 is 5.71 Å². The lowest BCUT2D eigenvalue weighted by Gasteiger charge is -2.38. The molecule has 1 nitrogen and oxygen atoms in total.